The van der Waals surface area contributed by atoms with Crippen LogP contribution in [-0.2, 0) is 11.2 Å². The standard InChI is InChI=1S/C18H27NO2/c1-19-17(12-14-5-3-6-16(11-14)20-2)15-7-10-21-18(13-15)8-4-9-18/h3,5-6,11,15,17,19H,4,7-10,12-13H2,1-2H3. The molecule has 1 aromatic rings. The van der Waals surface area contributed by atoms with Gasteiger partial charge in [-0.2, -0.15) is 0 Å². The Labute approximate surface area is 128 Å². The number of hydrogen-bond donors (Lipinski definition) is 1. The Morgan fingerprint density at radius 1 is 1.43 bits per heavy atom. The fraction of sp³-hybridized carbons (Fsp3) is 0.667. The molecule has 0 amide bonds. The van der Waals surface area contributed by atoms with Crippen LogP contribution in [-0.4, -0.2) is 32.4 Å². The SMILES string of the molecule is CNC(Cc1cccc(OC)c1)C1CCOC2(CCC2)C1. The molecular formula is C18H27NO2. The topological polar surface area (TPSA) is 30.5 Å². The highest BCUT2D eigenvalue weighted by Gasteiger charge is 2.44. The van der Waals surface area contributed by atoms with E-state index in [1.165, 1.54) is 37.7 Å². The monoisotopic (exact) mass is 289 g/mol. The lowest BCUT2D eigenvalue weighted by atomic mass is 9.70. The van der Waals surface area contributed by atoms with E-state index in [-0.39, 0.29) is 5.60 Å². The molecule has 1 heterocycles. The van der Waals surface area contributed by atoms with Crippen LogP contribution in [0.25, 0.3) is 0 Å². The van der Waals surface area contributed by atoms with Gasteiger partial charge >= 0.3 is 0 Å². The Morgan fingerprint density at radius 3 is 2.95 bits per heavy atom. The van der Waals surface area contributed by atoms with Crippen molar-refractivity contribution in [1.29, 1.82) is 0 Å². The van der Waals surface area contributed by atoms with Crippen LogP contribution in [0.5, 0.6) is 5.75 Å². The normalized spacial score (nSPS) is 25.3. The van der Waals surface area contributed by atoms with E-state index >= 15 is 0 Å². The number of rotatable bonds is 5. The molecule has 1 N–H and O–H groups in total. The van der Waals surface area contributed by atoms with E-state index in [2.05, 4.69) is 30.6 Å². The summed E-state index contributed by atoms with van der Waals surface area (Å²) in [6, 6.07) is 8.97. The minimum atomic E-state index is 0.229. The first-order valence-electron chi connectivity index (χ1n) is 8.19. The molecule has 3 nitrogen and oxygen atoms in total. The number of nitrogens with one attached hydrogen (secondary N) is 1. The molecule has 116 valence electrons. The predicted octanol–water partition coefficient (Wildman–Crippen LogP) is 3.18. The highest BCUT2D eigenvalue weighted by atomic mass is 16.5. The fourth-order valence-electron chi connectivity index (χ4n) is 3.89. The van der Waals surface area contributed by atoms with E-state index < -0.39 is 0 Å². The Bertz CT molecular complexity index is 470. The largest absolute Gasteiger partial charge is 0.497 e. The summed E-state index contributed by atoms with van der Waals surface area (Å²) in [5, 5.41) is 3.55. The van der Waals surface area contributed by atoms with Crippen LogP contribution in [0.2, 0.25) is 0 Å². The molecule has 0 radical (unpaired) electrons. The number of benzene rings is 1. The van der Waals surface area contributed by atoms with Crippen LogP contribution in [0.1, 0.15) is 37.7 Å². The van der Waals surface area contributed by atoms with E-state index in [1.807, 2.05) is 6.07 Å². The molecule has 1 spiro atoms. The average molecular weight is 289 g/mol. The van der Waals surface area contributed by atoms with Gasteiger partial charge in [-0.05, 0) is 69.2 Å². The summed E-state index contributed by atoms with van der Waals surface area (Å²) in [7, 11) is 3.82. The maximum absolute atomic E-state index is 6.07. The van der Waals surface area contributed by atoms with Gasteiger partial charge in [-0.25, -0.2) is 0 Å². The van der Waals surface area contributed by atoms with Gasteiger partial charge in [0.15, 0.2) is 0 Å². The molecular weight excluding hydrogens is 262 g/mol. The summed E-state index contributed by atoms with van der Waals surface area (Å²) < 4.78 is 11.4. The molecule has 0 aromatic heterocycles. The zero-order valence-corrected chi connectivity index (χ0v) is 13.2. The summed E-state index contributed by atoms with van der Waals surface area (Å²) in [4.78, 5) is 0. The molecule has 2 aliphatic rings. The quantitative estimate of drug-likeness (QED) is 0.903. The van der Waals surface area contributed by atoms with Gasteiger partial charge in [-0.3, -0.25) is 0 Å². The number of hydrogen-bond acceptors (Lipinski definition) is 3. The lowest BCUT2D eigenvalue weighted by molar-refractivity contribution is -0.146. The third-order valence-electron chi connectivity index (χ3n) is 5.33. The van der Waals surface area contributed by atoms with Gasteiger partial charge in [-0.1, -0.05) is 12.1 Å². The van der Waals surface area contributed by atoms with Gasteiger partial charge in [0.2, 0.25) is 0 Å². The van der Waals surface area contributed by atoms with Crippen molar-refractivity contribution in [1.82, 2.24) is 5.32 Å². The first kappa shape index (κ1) is 14.9. The summed E-state index contributed by atoms with van der Waals surface area (Å²) in [6.45, 7) is 0.932. The Kier molecular flexibility index (Phi) is 4.51. The van der Waals surface area contributed by atoms with Crippen LogP contribution in [0.4, 0.5) is 0 Å². The van der Waals surface area contributed by atoms with E-state index in [0.717, 1.165) is 24.7 Å². The van der Waals surface area contributed by atoms with E-state index in [4.69, 9.17) is 9.47 Å². The highest BCUT2D eigenvalue weighted by Crippen LogP contribution is 2.45. The first-order chi connectivity index (χ1) is 10.2. The molecule has 1 aromatic carbocycles. The second-order valence-corrected chi connectivity index (χ2v) is 6.59. The Morgan fingerprint density at radius 2 is 2.29 bits per heavy atom. The smallest absolute Gasteiger partial charge is 0.119 e. The summed E-state index contributed by atoms with van der Waals surface area (Å²) in [6.07, 6.45) is 7.33. The number of likely N-dealkylation sites (N-methyl/N-ethyl adjacent to an activating group) is 1. The van der Waals surface area contributed by atoms with Crippen LogP contribution in [0.3, 0.4) is 0 Å². The molecule has 2 atom stereocenters. The molecule has 1 saturated carbocycles. The Hall–Kier alpha value is -1.06. The van der Waals surface area contributed by atoms with E-state index in [9.17, 15) is 0 Å². The molecule has 3 rings (SSSR count). The zero-order chi connectivity index (χ0) is 14.7. The van der Waals surface area contributed by atoms with Gasteiger partial charge in [0, 0.05) is 12.6 Å². The lowest BCUT2D eigenvalue weighted by Gasteiger charge is -2.48. The molecule has 1 saturated heterocycles. The summed E-state index contributed by atoms with van der Waals surface area (Å²) >= 11 is 0. The molecule has 21 heavy (non-hydrogen) atoms. The van der Waals surface area contributed by atoms with Crippen molar-refractivity contribution in [3.8, 4) is 5.75 Å². The summed E-state index contributed by atoms with van der Waals surface area (Å²) in [5.74, 6) is 1.67. The second kappa shape index (κ2) is 6.37. The van der Waals surface area contributed by atoms with Crippen molar-refractivity contribution in [3.63, 3.8) is 0 Å². The Balaban J connectivity index is 1.66. The minimum absolute atomic E-state index is 0.229. The fourth-order valence-corrected chi connectivity index (χ4v) is 3.89. The van der Waals surface area contributed by atoms with Crippen molar-refractivity contribution in [2.24, 2.45) is 5.92 Å². The van der Waals surface area contributed by atoms with E-state index in [0.29, 0.717) is 6.04 Å². The lowest BCUT2D eigenvalue weighted by Crippen LogP contribution is -2.50. The van der Waals surface area contributed by atoms with Gasteiger partial charge in [0.1, 0.15) is 5.75 Å². The summed E-state index contributed by atoms with van der Waals surface area (Å²) in [5.41, 5.74) is 1.58. The van der Waals surface area contributed by atoms with Gasteiger partial charge < -0.3 is 14.8 Å². The minimum Gasteiger partial charge on any atom is -0.497 e. The third kappa shape index (κ3) is 3.24. The van der Waals surface area contributed by atoms with Crippen LogP contribution in [0.15, 0.2) is 24.3 Å². The third-order valence-corrected chi connectivity index (χ3v) is 5.33. The van der Waals surface area contributed by atoms with Crippen LogP contribution >= 0.6 is 0 Å². The molecule has 3 heteroatoms. The molecule has 2 unspecified atom stereocenters. The number of ether oxygens (including phenoxy) is 2. The maximum atomic E-state index is 6.07. The zero-order valence-electron chi connectivity index (χ0n) is 13.2. The van der Waals surface area contributed by atoms with Crippen molar-refractivity contribution in [2.75, 3.05) is 20.8 Å². The second-order valence-electron chi connectivity index (χ2n) is 6.59. The average Bonchev–Trinajstić information content (AvgIpc) is 2.51. The maximum Gasteiger partial charge on any atom is 0.119 e. The predicted molar refractivity (Wildman–Crippen MR) is 84.8 cm³/mol. The van der Waals surface area contributed by atoms with Crippen molar-refractivity contribution in [2.45, 2.75) is 50.2 Å². The molecule has 1 aliphatic carbocycles. The molecule has 2 fully saturated rings. The first-order valence-corrected chi connectivity index (χ1v) is 8.19. The van der Waals surface area contributed by atoms with Crippen LogP contribution in [0, 0.1) is 5.92 Å². The van der Waals surface area contributed by atoms with Gasteiger partial charge in [0.25, 0.3) is 0 Å². The van der Waals surface area contributed by atoms with Gasteiger partial charge in [0.05, 0.1) is 12.7 Å². The molecule has 1 aliphatic heterocycles. The van der Waals surface area contributed by atoms with Crippen molar-refractivity contribution in [3.05, 3.63) is 29.8 Å². The highest BCUT2D eigenvalue weighted by molar-refractivity contribution is 5.29. The van der Waals surface area contributed by atoms with Gasteiger partial charge in [-0.15, -0.1) is 0 Å². The van der Waals surface area contributed by atoms with Crippen LogP contribution < -0.4 is 10.1 Å². The number of methoxy groups -OCH3 is 1. The van der Waals surface area contributed by atoms with Crippen molar-refractivity contribution >= 4 is 0 Å². The van der Waals surface area contributed by atoms with Crippen molar-refractivity contribution < 1.29 is 9.47 Å². The molecule has 0 bridgehead atoms. The van der Waals surface area contributed by atoms with E-state index in [1.54, 1.807) is 7.11 Å².